The summed E-state index contributed by atoms with van der Waals surface area (Å²) in [4.78, 5) is 3.28. The number of halogens is 1. The zero-order chi connectivity index (χ0) is 17.7. The van der Waals surface area contributed by atoms with Crippen LogP contribution in [-0.4, -0.2) is 63.2 Å². The molecule has 8 heteroatoms. The summed E-state index contributed by atoms with van der Waals surface area (Å²) >= 11 is 5.50. The molecule has 0 saturated carbocycles. The average Bonchev–Trinajstić information content (AvgIpc) is 2.86. The molecule has 1 fully saturated rings. The third kappa shape index (κ3) is 5.68. The van der Waals surface area contributed by atoms with Crippen molar-refractivity contribution in [1.82, 2.24) is 10.2 Å². The Bertz CT molecular complexity index is 662. The second-order valence-corrected chi connectivity index (χ2v) is 9.11. The van der Waals surface area contributed by atoms with Gasteiger partial charge in [0.2, 0.25) is 0 Å². The summed E-state index contributed by atoms with van der Waals surface area (Å²) in [5.74, 6) is 0.116. The summed E-state index contributed by atoms with van der Waals surface area (Å²) in [7, 11) is 1.15. The number of hydrogen-bond acceptors (Lipinski definition) is 3. The van der Waals surface area contributed by atoms with Crippen LogP contribution in [0, 0.1) is 5.82 Å². The fourth-order valence-corrected chi connectivity index (χ4v) is 4.74. The van der Waals surface area contributed by atoms with E-state index in [0.717, 1.165) is 12.1 Å². The highest BCUT2D eigenvalue weighted by atomic mass is 32.2. The van der Waals surface area contributed by atoms with Gasteiger partial charge in [-0.15, -0.1) is 0 Å². The van der Waals surface area contributed by atoms with Crippen LogP contribution in [0.1, 0.15) is 12.0 Å². The van der Waals surface area contributed by atoms with Gasteiger partial charge in [-0.2, -0.15) is 0 Å². The number of sulfone groups is 1. The Balaban J connectivity index is 1.99. The maximum atomic E-state index is 13.0. The lowest BCUT2D eigenvalue weighted by molar-refractivity contribution is -0.857. The Morgan fingerprint density at radius 2 is 2.04 bits per heavy atom. The molecule has 134 valence electrons. The first-order chi connectivity index (χ1) is 11.3. The van der Waals surface area contributed by atoms with Crippen molar-refractivity contribution in [3.8, 4) is 0 Å². The standard InChI is InChI=1S/C16H24FN3O2S2/c1-19(2)8-9-20(15-7-10-24(21,22)12-15)16(23)18-11-13-3-5-14(17)6-4-13/h3-6,15H,7-12H2,1-2H3,(H,18,23)/p+1/t15-/m1/s1. The smallest absolute Gasteiger partial charge is 0.169 e. The highest BCUT2D eigenvalue weighted by Crippen LogP contribution is 2.18. The number of benzene rings is 1. The van der Waals surface area contributed by atoms with E-state index in [1.807, 2.05) is 4.90 Å². The molecule has 1 aliphatic heterocycles. The Kier molecular flexibility index (Phi) is 6.54. The van der Waals surface area contributed by atoms with Crippen molar-refractivity contribution in [1.29, 1.82) is 0 Å². The molecule has 0 bridgehead atoms. The topological polar surface area (TPSA) is 53.9 Å². The number of hydrogen-bond donors (Lipinski definition) is 2. The minimum absolute atomic E-state index is 0.0671. The SMILES string of the molecule is C[NH+](C)CCN(C(=S)NCc1ccc(F)cc1)[C@@H]1CCS(=O)(=O)C1. The Hall–Kier alpha value is -1.25. The normalized spacial score (nSPS) is 19.4. The van der Waals surface area contributed by atoms with Gasteiger partial charge in [0.15, 0.2) is 14.9 Å². The Morgan fingerprint density at radius 3 is 2.58 bits per heavy atom. The summed E-state index contributed by atoms with van der Waals surface area (Å²) in [6, 6.07) is 6.18. The van der Waals surface area contributed by atoms with Gasteiger partial charge in [-0.3, -0.25) is 0 Å². The van der Waals surface area contributed by atoms with Gasteiger partial charge < -0.3 is 15.1 Å². The molecule has 1 aromatic rings. The number of nitrogens with zero attached hydrogens (tertiary/aromatic N) is 1. The first kappa shape index (κ1) is 19.1. The van der Waals surface area contributed by atoms with E-state index in [-0.39, 0.29) is 23.4 Å². The number of rotatable bonds is 6. The summed E-state index contributed by atoms with van der Waals surface area (Å²) < 4.78 is 36.5. The summed E-state index contributed by atoms with van der Waals surface area (Å²) in [6.45, 7) is 2.07. The lowest BCUT2D eigenvalue weighted by Gasteiger charge is -2.31. The zero-order valence-corrected chi connectivity index (χ0v) is 15.7. The van der Waals surface area contributed by atoms with Crippen molar-refractivity contribution in [2.45, 2.75) is 19.0 Å². The molecule has 1 atom stereocenters. The first-order valence-corrected chi connectivity index (χ1v) is 10.3. The predicted molar refractivity (Wildman–Crippen MR) is 97.3 cm³/mol. The van der Waals surface area contributed by atoms with Gasteiger partial charge in [-0.1, -0.05) is 12.1 Å². The predicted octanol–water partition coefficient (Wildman–Crippen LogP) is -0.166. The Morgan fingerprint density at radius 1 is 1.38 bits per heavy atom. The van der Waals surface area contributed by atoms with Crippen molar-refractivity contribution in [3.63, 3.8) is 0 Å². The molecule has 0 aromatic heterocycles. The van der Waals surface area contributed by atoms with Crippen molar-refractivity contribution in [2.24, 2.45) is 0 Å². The quantitative estimate of drug-likeness (QED) is 0.678. The van der Waals surface area contributed by atoms with Crippen LogP contribution in [0.3, 0.4) is 0 Å². The van der Waals surface area contributed by atoms with E-state index in [2.05, 4.69) is 19.4 Å². The monoisotopic (exact) mass is 374 g/mol. The molecule has 5 nitrogen and oxygen atoms in total. The molecule has 0 unspecified atom stereocenters. The highest BCUT2D eigenvalue weighted by Gasteiger charge is 2.33. The van der Waals surface area contributed by atoms with Crippen LogP contribution < -0.4 is 10.2 Å². The minimum atomic E-state index is -2.96. The molecule has 0 radical (unpaired) electrons. The van der Waals surface area contributed by atoms with Crippen LogP contribution in [0.4, 0.5) is 4.39 Å². The molecular weight excluding hydrogens is 349 g/mol. The van der Waals surface area contributed by atoms with E-state index in [1.54, 1.807) is 12.1 Å². The van der Waals surface area contributed by atoms with E-state index in [1.165, 1.54) is 17.0 Å². The van der Waals surface area contributed by atoms with E-state index in [0.29, 0.717) is 24.6 Å². The van der Waals surface area contributed by atoms with Gasteiger partial charge in [0.05, 0.1) is 38.7 Å². The van der Waals surface area contributed by atoms with Crippen molar-refractivity contribution in [3.05, 3.63) is 35.6 Å². The molecule has 1 aliphatic rings. The van der Waals surface area contributed by atoms with Gasteiger partial charge >= 0.3 is 0 Å². The van der Waals surface area contributed by atoms with E-state index >= 15 is 0 Å². The van der Waals surface area contributed by atoms with E-state index < -0.39 is 9.84 Å². The average molecular weight is 375 g/mol. The van der Waals surface area contributed by atoms with Gasteiger partial charge in [0.25, 0.3) is 0 Å². The Labute approximate surface area is 148 Å². The summed E-state index contributed by atoms with van der Waals surface area (Å²) in [6.07, 6.45) is 0.615. The maximum absolute atomic E-state index is 13.0. The van der Waals surface area contributed by atoms with Crippen LogP contribution >= 0.6 is 12.2 Å². The lowest BCUT2D eigenvalue weighted by atomic mass is 10.2. The van der Waals surface area contributed by atoms with Crippen molar-refractivity contribution >= 4 is 27.2 Å². The molecule has 1 heterocycles. The molecule has 1 saturated heterocycles. The zero-order valence-electron chi connectivity index (χ0n) is 14.1. The van der Waals surface area contributed by atoms with Gasteiger partial charge in [0, 0.05) is 12.6 Å². The first-order valence-electron chi connectivity index (χ1n) is 8.05. The third-order valence-corrected chi connectivity index (χ3v) is 6.25. The number of nitrogens with one attached hydrogen (secondary N) is 2. The van der Waals surface area contributed by atoms with Crippen LogP contribution in [0.2, 0.25) is 0 Å². The molecule has 0 aliphatic carbocycles. The number of quaternary nitrogens is 1. The third-order valence-electron chi connectivity index (χ3n) is 4.12. The number of likely N-dealkylation sites (N-methyl/N-ethyl adjacent to an activating group) is 1. The minimum Gasteiger partial charge on any atom is -0.358 e. The van der Waals surface area contributed by atoms with Crippen LogP contribution in [-0.2, 0) is 16.4 Å². The number of thiocarbonyl (C=S) groups is 1. The molecule has 2 rings (SSSR count). The lowest BCUT2D eigenvalue weighted by Crippen LogP contribution is -3.06. The van der Waals surface area contributed by atoms with Gasteiger partial charge in [-0.25, -0.2) is 12.8 Å². The van der Waals surface area contributed by atoms with Crippen molar-refractivity contribution in [2.75, 3.05) is 38.7 Å². The summed E-state index contributed by atoms with van der Waals surface area (Å²) in [5, 5.41) is 3.74. The maximum Gasteiger partial charge on any atom is 0.169 e. The largest absolute Gasteiger partial charge is 0.358 e. The fraction of sp³-hybridized carbons (Fsp3) is 0.562. The highest BCUT2D eigenvalue weighted by molar-refractivity contribution is 7.91. The van der Waals surface area contributed by atoms with Crippen LogP contribution in [0.5, 0.6) is 0 Å². The van der Waals surface area contributed by atoms with Gasteiger partial charge in [-0.05, 0) is 36.3 Å². The van der Waals surface area contributed by atoms with Crippen LogP contribution in [0.25, 0.3) is 0 Å². The van der Waals surface area contributed by atoms with Gasteiger partial charge in [0.1, 0.15) is 5.82 Å². The van der Waals surface area contributed by atoms with E-state index in [4.69, 9.17) is 12.2 Å². The van der Waals surface area contributed by atoms with Crippen molar-refractivity contribution < 1.29 is 17.7 Å². The second-order valence-electron chi connectivity index (χ2n) is 6.49. The molecule has 0 spiro atoms. The fourth-order valence-electron chi connectivity index (χ4n) is 2.70. The van der Waals surface area contributed by atoms with E-state index in [9.17, 15) is 12.8 Å². The molecule has 24 heavy (non-hydrogen) atoms. The second kappa shape index (κ2) is 8.22. The van der Waals surface area contributed by atoms with Crippen LogP contribution in [0.15, 0.2) is 24.3 Å². The molecule has 1 aromatic carbocycles. The molecular formula is C16H25FN3O2S2+. The summed E-state index contributed by atoms with van der Waals surface area (Å²) in [5.41, 5.74) is 0.927. The molecule has 2 N–H and O–H groups in total. The molecule has 0 amide bonds.